The van der Waals surface area contributed by atoms with Crippen LogP contribution >= 0.6 is 0 Å². The van der Waals surface area contributed by atoms with Crippen LogP contribution in [0.3, 0.4) is 0 Å². The zero-order valence-electron chi connectivity index (χ0n) is 19.5. The van der Waals surface area contributed by atoms with Gasteiger partial charge in [0.15, 0.2) is 0 Å². The normalized spacial score (nSPS) is 10.9. The van der Waals surface area contributed by atoms with Crippen molar-refractivity contribution in [1.29, 1.82) is 0 Å². The van der Waals surface area contributed by atoms with Crippen molar-refractivity contribution in [2.45, 2.75) is 53.4 Å². The van der Waals surface area contributed by atoms with E-state index in [1.165, 1.54) is 24.3 Å². The fourth-order valence-electron chi connectivity index (χ4n) is 3.29. The highest BCUT2D eigenvalue weighted by molar-refractivity contribution is 5.96. The van der Waals surface area contributed by atoms with Crippen LogP contribution in [0, 0.1) is 10.1 Å². The van der Waals surface area contributed by atoms with E-state index in [2.05, 4.69) is 32.6 Å². The molecule has 174 valence electrons. The molecule has 0 bridgehead atoms. The molecule has 8 heteroatoms. The molecule has 2 amide bonds. The van der Waals surface area contributed by atoms with E-state index in [1.807, 2.05) is 4.90 Å². The summed E-state index contributed by atoms with van der Waals surface area (Å²) >= 11 is 0. The average molecular weight is 435 g/mol. The number of amides is 2. The van der Waals surface area contributed by atoms with Crippen molar-refractivity contribution in [3.8, 4) is 0 Å². The van der Waals surface area contributed by atoms with E-state index in [-0.39, 0.29) is 24.0 Å². The van der Waals surface area contributed by atoms with Crippen molar-refractivity contribution in [3.63, 3.8) is 0 Å². The molecule has 0 aliphatic heterocycles. The summed E-state index contributed by atoms with van der Waals surface area (Å²) in [4.78, 5) is 42.3. The quantitative estimate of drug-likeness (QED) is 0.309. The smallest absolute Gasteiger partial charge is 0.269 e. The second-order valence-electron chi connectivity index (χ2n) is 7.65. The Kier molecular flexibility index (Phi) is 12.4. The third kappa shape index (κ3) is 9.04. The summed E-state index contributed by atoms with van der Waals surface area (Å²) in [6.45, 7) is 12.6. The maximum Gasteiger partial charge on any atom is 0.269 e. The highest BCUT2D eigenvalue weighted by Gasteiger charge is 2.23. The molecule has 0 heterocycles. The molecular formula is C23H38N4O4. The second-order valence-corrected chi connectivity index (χ2v) is 7.65. The Morgan fingerprint density at radius 1 is 0.839 bits per heavy atom. The fourth-order valence-corrected chi connectivity index (χ4v) is 3.29. The molecular weight excluding hydrogens is 396 g/mol. The molecule has 1 aromatic carbocycles. The number of nitrogens with zero attached hydrogens (tertiary/aromatic N) is 4. The number of nitro groups is 1. The van der Waals surface area contributed by atoms with Crippen molar-refractivity contribution in [2.75, 3.05) is 45.8 Å². The molecule has 0 N–H and O–H groups in total. The minimum Gasteiger partial charge on any atom is -0.341 e. The first-order valence-corrected chi connectivity index (χ1v) is 11.4. The van der Waals surface area contributed by atoms with Gasteiger partial charge in [-0.15, -0.1) is 0 Å². The van der Waals surface area contributed by atoms with Gasteiger partial charge >= 0.3 is 0 Å². The largest absolute Gasteiger partial charge is 0.341 e. The summed E-state index contributed by atoms with van der Waals surface area (Å²) in [5, 5.41) is 10.9. The van der Waals surface area contributed by atoms with Crippen LogP contribution in [0.2, 0.25) is 0 Å². The summed E-state index contributed by atoms with van der Waals surface area (Å²) in [7, 11) is 0. The number of nitro benzene ring substituents is 1. The van der Waals surface area contributed by atoms with Gasteiger partial charge in [-0.1, -0.05) is 40.5 Å². The van der Waals surface area contributed by atoms with Gasteiger partial charge in [0.2, 0.25) is 5.91 Å². The zero-order valence-corrected chi connectivity index (χ0v) is 19.5. The Balaban J connectivity index is 3.01. The number of carbonyl (C=O) groups excluding carboxylic acids is 2. The Bertz CT molecular complexity index is 681. The predicted molar refractivity (Wildman–Crippen MR) is 123 cm³/mol. The summed E-state index contributed by atoms with van der Waals surface area (Å²) in [5.41, 5.74) is 0.291. The zero-order chi connectivity index (χ0) is 23.2. The summed E-state index contributed by atoms with van der Waals surface area (Å²) in [6, 6.07) is 5.57. The minimum absolute atomic E-state index is 0.0184. The highest BCUT2D eigenvalue weighted by atomic mass is 16.6. The Hall–Kier alpha value is -2.48. The molecule has 0 aliphatic rings. The lowest BCUT2D eigenvalue weighted by molar-refractivity contribution is -0.384. The molecule has 1 aromatic rings. The number of hydrogen-bond acceptors (Lipinski definition) is 5. The van der Waals surface area contributed by atoms with Gasteiger partial charge < -0.3 is 14.7 Å². The lowest BCUT2D eigenvalue weighted by Crippen LogP contribution is -2.46. The van der Waals surface area contributed by atoms with E-state index in [9.17, 15) is 19.7 Å². The van der Waals surface area contributed by atoms with E-state index in [4.69, 9.17) is 0 Å². The van der Waals surface area contributed by atoms with Gasteiger partial charge in [0.25, 0.3) is 11.6 Å². The number of benzene rings is 1. The molecule has 1 rings (SSSR count). The maximum atomic E-state index is 13.2. The maximum absolute atomic E-state index is 13.2. The standard InChI is InChI=1S/C23H38N4O4/c1-5-9-15-25(16-10-6-2)22(28)19-26(18-17-24(7-3)8-4)23(29)20-11-13-21(14-12-20)27(30)31/h11-14H,5-10,15-19H2,1-4H3. The molecule has 0 radical (unpaired) electrons. The molecule has 0 atom stereocenters. The number of non-ortho nitro benzene ring substituents is 1. The molecule has 8 nitrogen and oxygen atoms in total. The van der Waals surface area contributed by atoms with E-state index in [1.54, 1.807) is 4.90 Å². The summed E-state index contributed by atoms with van der Waals surface area (Å²) in [5.74, 6) is -0.321. The lowest BCUT2D eigenvalue weighted by atomic mass is 10.1. The van der Waals surface area contributed by atoms with Crippen LogP contribution < -0.4 is 0 Å². The van der Waals surface area contributed by atoms with Gasteiger partial charge in [-0.25, -0.2) is 0 Å². The SMILES string of the molecule is CCCCN(CCCC)C(=O)CN(CCN(CC)CC)C(=O)c1ccc([N+](=O)[O-])cc1. The molecule has 0 aliphatic carbocycles. The Morgan fingerprint density at radius 3 is 1.84 bits per heavy atom. The van der Waals surface area contributed by atoms with Gasteiger partial charge in [0, 0.05) is 43.9 Å². The van der Waals surface area contributed by atoms with Crippen LogP contribution in [0.5, 0.6) is 0 Å². The highest BCUT2D eigenvalue weighted by Crippen LogP contribution is 2.14. The number of hydrogen-bond donors (Lipinski definition) is 0. The monoisotopic (exact) mass is 434 g/mol. The van der Waals surface area contributed by atoms with Crippen LogP contribution in [-0.2, 0) is 4.79 Å². The molecule has 0 spiro atoms. The van der Waals surface area contributed by atoms with E-state index in [0.717, 1.165) is 38.8 Å². The van der Waals surface area contributed by atoms with Gasteiger partial charge in [0.1, 0.15) is 6.54 Å². The van der Waals surface area contributed by atoms with E-state index in [0.29, 0.717) is 31.7 Å². The van der Waals surface area contributed by atoms with Gasteiger partial charge in [0.05, 0.1) is 4.92 Å². The summed E-state index contributed by atoms with van der Waals surface area (Å²) in [6.07, 6.45) is 3.88. The van der Waals surface area contributed by atoms with Gasteiger partial charge in [-0.2, -0.15) is 0 Å². The third-order valence-electron chi connectivity index (χ3n) is 5.43. The molecule has 0 saturated heterocycles. The van der Waals surface area contributed by atoms with Crippen molar-refractivity contribution in [3.05, 3.63) is 39.9 Å². The first kappa shape index (κ1) is 26.6. The minimum atomic E-state index is -0.491. The van der Waals surface area contributed by atoms with E-state index < -0.39 is 4.92 Å². The van der Waals surface area contributed by atoms with Crippen LogP contribution in [0.4, 0.5) is 5.69 Å². The Labute approximate surface area is 186 Å². The molecule has 0 aromatic heterocycles. The van der Waals surface area contributed by atoms with E-state index >= 15 is 0 Å². The van der Waals surface area contributed by atoms with Gasteiger partial charge in [-0.05, 0) is 38.1 Å². The van der Waals surface area contributed by atoms with Crippen molar-refractivity contribution < 1.29 is 14.5 Å². The fraction of sp³-hybridized carbons (Fsp3) is 0.652. The molecule has 0 unspecified atom stereocenters. The van der Waals surface area contributed by atoms with Gasteiger partial charge in [-0.3, -0.25) is 19.7 Å². The third-order valence-corrected chi connectivity index (χ3v) is 5.43. The first-order valence-electron chi connectivity index (χ1n) is 11.4. The predicted octanol–water partition coefficient (Wildman–Crippen LogP) is 3.81. The average Bonchev–Trinajstić information content (AvgIpc) is 2.78. The van der Waals surface area contributed by atoms with Crippen LogP contribution in [0.25, 0.3) is 0 Å². The number of carbonyl (C=O) groups is 2. The van der Waals surface area contributed by atoms with Crippen molar-refractivity contribution in [1.82, 2.24) is 14.7 Å². The number of likely N-dealkylation sites (N-methyl/N-ethyl adjacent to an activating group) is 1. The van der Waals surface area contributed by atoms with Crippen molar-refractivity contribution in [2.24, 2.45) is 0 Å². The number of rotatable bonds is 15. The van der Waals surface area contributed by atoms with Crippen LogP contribution in [0.15, 0.2) is 24.3 Å². The Morgan fingerprint density at radius 2 is 1.39 bits per heavy atom. The lowest BCUT2D eigenvalue weighted by Gasteiger charge is -2.29. The van der Waals surface area contributed by atoms with Crippen molar-refractivity contribution >= 4 is 17.5 Å². The molecule has 0 fully saturated rings. The molecule has 0 saturated carbocycles. The number of unbranched alkanes of at least 4 members (excludes halogenated alkanes) is 2. The summed E-state index contributed by atoms with van der Waals surface area (Å²) < 4.78 is 0. The topological polar surface area (TPSA) is 87.0 Å². The van der Waals surface area contributed by atoms with Crippen LogP contribution in [-0.4, -0.2) is 77.3 Å². The van der Waals surface area contributed by atoms with Crippen LogP contribution in [0.1, 0.15) is 63.7 Å². The molecule has 31 heavy (non-hydrogen) atoms. The second kappa shape index (κ2) is 14.5. The first-order chi connectivity index (χ1) is 14.9.